The summed E-state index contributed by atoms with van der Waals surface area (Å²) in [6.45, 7) is 6.79. The predicted molar refractivity (Wildman–Crippen MR) is 132 cm³/mol. The zero-order chi connectivity index (χ0) is 26.0. The molecule has 1 aliphatic heterocycles. The SMILES string of the molecule is CO[C@H]1CN(C)C(=O)c2cc(NC(=O)c3cc(C)on3)ccc2OC[C@@H](C)N(C(=O)C2CC2)C[C@H]1C. The first kappa shape index (κ1) is 25.7. The summed E-state index contributed by atoms with van der Waals surface area (Å²) in [6, 6.07) is 6.27. The first-order valence-electron chi connectivity index (χ1n) is 12.3. The Bertz CT molecular complexity index is 1130. The van der Waals surface area contributed by atoms with Crippen molar-refractivity contribution in [2.75, 3.05) is 39.2 Å². The third-order valence-corrected chi connectivity index (χ3v) is 6.77. The first-order valence-corrected chi connectivity index (χ1v) is 12.3. The van der Waals surface area contributed by atoms with Crippen LogP contribution in [0.5, 0.6) is 5.75 Å². The van der Waals surface area contributed by atoms with E-state index in [4.69, 9.17) is 14.0 Å². The summed E-state index contributed by atoms with van der Waals surface area (Å²) in [5.41, 5.74) is 0.875. The molecule has 194 valence electrons. The maximum Gasteiger partial charge on any atom is 0.277 e. The van der Waals surface area contributed by atoms with Gasteiger partial charge in [-0.15, -0.1) is 0 Å². The molecule has 1 aromatic carbocycles. The highest BCUT2D eigenvalue weighted by Crippen LogP contribution is 2.33. The van der Waals surface area contributed by atoms with Gasteiger partial charge in [-0.2, -0.15) is 0 Å². The highest BCUT2D eigenvalue weighted by molar-refractivity contribution is 6.04. The summed E-state index contributed by atoms with van der Waals surface area (Å²) in [6.07, 6.45) is 1.59. The van der Waals surface area contributed by atoms with Gasteiger partial charge in [0.2, 0.25) is 5.91 Å². The van der Waals surface area contributed by atoms with E-state index in [0.717, 1.165) is 12.8 Å². The molecule has 0 saturated heterocycles. The maximum atomic E-state index is 13.5. The summed E-state index contributed by atoms with van der Waals surface area (Å²) in [4.78, 5) is 42.6. The van der Waals surface area contributed by atoms with Crippen molar-refractivity contribution < 1.29 is 28.4 Å². The molecule has 3 atom stereocenters. The zero-order valence-electron chi connectivity index (χ0n) is 21.4. The van der Waals surface area contributed by atoms with Gasteiger partial charge in [0.1, 0.15) is 18.1 Å². The minimum absolute atomic E-state index is 0.00540. The molecule has 0 radical (unpaired) electrons. The van der Waals surface area contributed by atoms with E-state index in [1.54, 1.807) is 44.2 Å². The molecule has 0 spiro atoms. The second kappa shape index (κ2) is 10.7. The molecular formula is C26H34N4O6. The number of ether oxygens (including phenoxy) is 2. The first-order chi connectivity index (χ1) is 17.2. The number of nitrogens with one attached hydrogen (secondary N) is 1. The number of rotatable bonds is 4. The maximum absolute atomic E-state index is 13.5. The van der Waals surface area contributed by atoms with Crippen LogP contribution in [0, 0.1) is 18.8 Å². The van der Waals surface area contributed by atoms with Crippen molar-refractivity contribution in [3.05, 3.63) is 41.3 Å². The Morgan fingerprint density at radius 2 is 1.92 bits per heavy atom. The lowest BCUT2D eigenvalue weighted by Gasteiger charge is -2.36. The number of benzene rings is 1. The van der Waals surface area contributed by atoms with Crippen molar-refractivity contribution in [3.8, 4) is 5.75 Å². The van der Waals surface area contributed by atoms with Crippen LogP contribution in [0.2, 0.25) is 0 Å². The van der Waals surface area contributed by atoms with Crippen LogP contribution in [0.15, 0.2) is 28.8 Å². The number of amides is 3. The van der Waals surface area contributed by atoms with Crippen molar-refractivity contribution in [1.29, 1.82) is 0 Å². The van der Waals surface area contributed by atoms with E-state index in [2.05, 4.69) is 10.5 Å². The van der Waals surface area contributed by atoms with E-state index < -0.39 is 5.91 Å². The Balaban J connectivity index is 1.63. The van der Waals surface area contributed by atoms with E-state index in [1.165, 1.54) is 6.07 Å². The van der Waals surface area contributed by atoms with Crippen molar-refractivity contribution in [2.24, 2.45) is 11.8 Å². The third-order valence-electron chi connectivity index (χ3n) is 6.77. The van der Waals surface area contributed by atoms with E-state index in [0.29, 0.717) is 35.9 Å². The minimum atomic E-state index is -0.446. The Kier molecular flexibility index (Phi) is 7.63. The third kappa shape index (κ3) is 5.70. The van der Waals surface area contributed by atoms with Crippen LogP contribution in [-0.2, 0) is 9.53 Å². The van der Waals surface area contributed by atoms with Gasteiger partial charge in [0.25, 0.3) is 11.8 Å². The smallest absolute Gasteiger partial charge is 0.277 e. The van der Waals surface area contributed by atoms with Crippen LogP contribution in [0.3, 0.4) is 0 Å². The molecule has 1 aromatic heterocycles. The van der Waals surface area contributed by atoms with E-state index in [9.17, 15) is 14.4 Å². The van der Waals surface area contributed by atoms with Gasteiger partial charge in [-0.25, -0.2) is 0 Å². The quantitative estimate of drug-likeness (QED) is 0.689. The number of aryl methyl sites for hydroxylation is 1. The normalized spacial score (nSPS) is 23.2. The molecule has 10 heteroatoms. The Labute approximate surface area is 210 Å². The van der Waals surface area contributed by atoms with Crippen LogP contribution in [-0.4, -0.2) is 78.7 Å². The molecular weight excluding hydrogens is 464 g/mol. The molecule has 1 N–H and O–H groups in total. The van der Waals surface area contributed by atoms with Crippen LogP contribution in [0.1, 0.15) is 53.3 Å². The molecule has 0 bridgehead atoms. The number of nitrogens with zero attached hydrogens (tertiary/aromatic N) is 3. The number of anilines is 1. The van der Waals surface area contributed by atoms with E-state index in [-0.39, 0.29) is 48.1 Å². The number of carbonyl (C=O) groups is 3. The second-order valence-corrected chi connectivity index (χ2v) is 9.85. The number of carbonyl (C=O) groups excluding carboxylic acids is 3. The lowest BCUT2D eigenvalue weighted by atomic mass is 10.0. The fraction of sp³-hybridized carbons (Fsp3) is 0.538. The average molecular weight is 499 g/mol. The zero-order valence-corrected chi connectivity index (χ0v) is 21.4. The molecule has 1 aliphatic carbocycles. The molecule has 1 saturated carbocycles. The number of hydrogen-bond acceptors (Lipinski definition) is 7. The van der Waals surface area contributed by atoms with Crippen molar-refractivity contribution >= 4 is 23.4 Å². The molecule has 10 nitrogen and oxygen atoms in total. The van der Waals surface area contributed by atoms with Gasteiger partial charge in [0.15, 0.2) is 5.69 Å². The summed E-state index contributed by atoms with van der Waals surface area (Å²) < 4.78 is 16.8. The Hall–Kier alpha value is -3.40. The van der Waals surface area contributed by atoms with Gasteiger partial charge in [-0.3, -0.25) is 14.4 Å². The number of methoxy groups -OCH3 is 1. The van der Waals surface area contributed by atoms with Gasteiger partial charge in [0, 0.05) is 50.8 Å². The highest BCUT2D eigenvalue weighted by atomic mass is 16.5. The Morgan fingerprint density at radius 3 is 2.56 bits per heavy atom. The summed E-state index contributed by atoms with van der Waals surface area (Å²) in [5, 5.41) is 6.49. The van der Waals surface area contributed by atoms with Gasteiger partial charge in [0.05, 0.1) is 17.7 Å². The van der Waals surface area contributed by atoms with Crippen molar-refractivity contribution in [2.45, 2.75) is 45.8 Å². The van der Waals surface area contributed by atoms with Gasteiger partial charge in [-0.05, 0) is 44.9 Å². The fourth-order valence-electron chi connectivity index (χ4n) is 4.39. The van der Waals surface area contributed by atoms with Crippen molar-refractivity contribution in [3.63, 3.8) is 0 Å². The van der Waals surface area contributed by atoms with Gasteiger partial charge >= 0.3 is 0 Å². The lowest BCUT2D eigenvalue weighted by molar-refractivity contribution is -0.136. The standard InChI is InChI=1S/C26H34N4O6/c1-15-12-30(25(32)18-6-7-18)16(2)14-35-22-9-8-19(27-24(31)21-10-17(3)36-28-21)11-20(22)26(33)29(4)13-23(15)34-5/h8-11,15-16,18,23H,6-7,12-14H2,1-5H3,(H,27,31)/t15-,16-,23+/m1/s1. The lowest BCUT2D eigenvalue weighted by Crippen LogP contribution is -2.49. The average Bonchev–Trinajstić information content (AvgIpc) is 3.62. The molecule has 36 heavy (non-hydrogen) atoms. The van der Waals surface area contributed by atoms with E-state index >= 15 is 0 Å². The van der Waals surface area contributed by atoms with Gasteiger partial charge in [-0.1, -0.05) is 12.1 Å². The molecule has 1 fully saturated rings. The minimum Gasteiger partial charge on any atom is -0.491 e. The fourth-order valence-corrected chi connectivity index (χ4v) is 4.39. The second-order valence-electron chi connectivity index (χ2n) is 9.85. The summed E-state index contributed by atoms with van der Waals surface area (Å²) >= 11 is 0. The van der Waals surface area contributed by atoms with Gasteiger partial charge < -0.3 is 29.1 Å². The molecule has 0 unspecified atom stereocenters. The van der Waals surface area contributed by atoms with E-state index in [1.807, 2.05) is 18.7 Å². The molecule has 2 heterocycles. The Morgan fingerprint density at radius 1 is 1.17 bits per heavy atom. The number of fused-ring (bicyclic) bond motifs is 1. The molecule has 2 aliphatic rings. The largest absolute Gasteiger partial charge is 0.491 e. The molecule has 4 rings (SSSR count). The topological polar surface area (TPSA) is 114 Å². The summed E-state index contributed by atoms with van der Waals surface area (Å²) in [5.74, 6) is 0.444. The predicted octanol–water partition coefficient (Wildman–Crippen LogP) is 2.98. The molecule has 3 amide bonds. The number of aromatic nitrogens is 1. The monoisotopic (exact) mass is 498 g/mol. The van der Waals surface area contributed by atoms with Crippen LogP contribution in [0.4, 0.5) is 5.69 Å². The van der Waals surface area contributed by atoms with Crippen LogP contribution >= 0.6 is 0 Å². The number of likely N-dealkylation sites (N-methyl/N-ethyl adjacent to an activating group) is 1. The van der Waals surface area contributed by atoms with Crippen LogP contribution in [0.25, 0.3) is 0 Å². The summed E-state index contributed by atoms with van der Waals surface area (Å²) in [7, 11) is 3.33. The van der Waals surface area contributed by atoms with Crippen molar-refractivity contribution in [1.82, 2.24) is 15.0 Å². The molecule has 2 aromatic rings. The van der Waals surface area contributed by atoms with Crippen LogP contribution < -0.4 is 10.1 Å². The highest BCUT2D eigenvalue weighted by Gasteiger charge is 2.37. The number of hydrogen-bond donors (Lipinski definition) is 1.